The van der Waals surface area contributed by atoms with Gasteiger partial charge in [0.15, 0.2) is 5.67 Å². The molecule has 170 valence electrons. The molecule has 2 aromatic rings. The van der Waals surface area contributed by atoms with E-state index in [9.17, 15) is 4.79 Å². The predicted molar refractivity (Wildman–Crippen MR) is 120 cm³/mol. The minimum atomic E-state index is -1.63. The van der Waals surface area contributed by atoms with E-state index in [4.69, 9.17) is 37.5 Å². The van der Waals surface area contributed by atoms with Crippen molar-refractivity contribution < 1.29 is 23.5 Å². The third-order valence-corrected chi connectivity index (χ3v) is 5.60. The fraction of sp³-hybridized carbons (Fsp3) is 0.391. The Morgan fingerprint density at radius 1 is 1.09 bits per heavy atom. The maximum atomic E-state index is 15.3. The van der Waals surface area contributed by atoms with E-state index < -0.39 is 23.2 Å². The summed E-state index contributed by atoms with van der Waals surface area (Å²) in [7, 11) is 0. The Bertz CT molecular complexity index is 1060. The van der Waals surface area contributed by atoms with Gasteiger partial charge in [0.05, 0.1) is 13.1 Å². The Kier molecular flexibility index (Phi) is 5.54. The van der Waals surface area contributed by atoms with Crippen LogP contribution in [0.15, 0.2) is 47.6 Å². The lowest BCUT2D eigenvalue weighted by molar-refractivity contribution is -0.152. The molecule has 2 heterocycles. The summed E-state index contributed by atoms with van der Waals surface area (Å²) in [5.41, 5.74) is -0.550. The molecule has 1 unspecified atom stereocenters. The van der Waals surface area contributed by atoms with Crippen molar-refractivity contribution in [3.8, 4) is 0 Å². The third-order valence-electron chi connectivity index (χ3n) is 5.16. The second-order valence-electron chi connectivity index (χ2n) is 9.07. The minimum Gasteiger partial charge on any atom is -0.444 e. The van der Waals surface area contributed by atoms with Crippen LogP contribution in [0.2, 0.25) is 10.0 Å². The van der Waals surface area contributed by atoms with E-state index in [1.807, 2.05) is 0 Å². The van der Waals surface area contributed by atoms with Crippen LogP contribution in [0.4, 0.5) is 9.18 Å². The van der Waals surface area contributed by atoms with Gasteiger partial charge in [0.1, 0.15) is 5.60 Å². The summed E-state index contributed by atoms with van der Waals surface area (Å²) in [6.07, 6.45) is -0.520. The van der Waals surface area contributed by atoms with Crippen LogP contribution in [0, 0.1) is 0 Å². The van der Waals surface area contributed by atoms with Crippen LogP contribution in [0.1, 0.15) is 44.4 Å². The third kappa shape index (κ3) is 4.50. The highest BCUT2D eigenvalue weighted by atomic mass is 35.5. The summed E-state index contributed by atoms with van der Waals surface area (Å²) in [4.78, 5) is 19.0. The van der Waals surface area contributed by atoms with Gasteiger partial charge in [-0.25, -0.2) is 9.18 Å². The van der Waals surface area contributed by atoms with Gasteiger partial charge in [0.2, 0.25) is 0 Å². The van der Waals surface area contributed by atoms with Crippen molar-refractivity contribution in [3.05, 3.63) is 69.2 Å². The standard InChI is InChI=1S/C23H23Cl2FN2O4/c1-21(2,3)31-20(29)28-12-23(26,13-28)15-7-5-14(6-8-15)19-27-32-22(4,30-19)16-9-17(24)11-18(25)10-16/h5-11H,12-13H2,1-4H3. The van der Waals surface area contributed by atoms with E-state index in [-0.39, 0.29) is 19.0 Å². The number of oxime groups is 1. The van der Waals surface area contributed by atoms with Crippen LogP contribution >= 0.6 is 23.2 Å². The van der Waals surface area contributed by atoms with E-state index in [1.165, 1.54) is 4.90 Å². The van der Waals surface area contributed by atoms with E-state index in [0.29, 0.717) is 26.7 Å². The molecule has 0 N–H and O–H groups in total. The number of nitrogens with zero attached hydrogens (tertiary/aromatic N) is 2. The lowest BCUT2D eigenvalue weighted by atomic mass is 9.88. The van der Waals surface area contributed by atoms with E-state index >= 15 is 4.39 Å². The number of benzene rings is 2. The summed E-state index contributed by atoms with van der Waals surface area (Å²) in [5.74, 6) is -0.932. The van der Waals surface area contributed by atoms with Gasteiger partial charge in [-0.05, 0) is 61.8 Å². The van der Waals surface area contributed by atoms with Gasteiger partial charge in [0, 0.05) is 28.1 Å². The second kappa shape index (κ2) is 7.81. The molecule has 4 rings (SSSR count). The van der Waals surface area contributed by atoms with Crippen molar-refractivity contribution in [1.82, 2.24) is 4.90 Å². The van der Waals surface area contributed by atoms with Gasteiger partial charge in [-0.1, -0.05) is 35.3 Å². The average Bonchev–Trinajstić information content (AvgIpc) is 3.07. The van der Waals surface area contributed by atoms with Gasteiger partial charge in [-0.15, -0.1) is 0 Å². The quantitative estimate of drug-likeness (QED) is 0.541. The molecule has 0 aliphatic carbocycles. The Labute approximate surface area is 195 Å². The zero-order valence-electron chi connectivity index (χ0n) is 18.1. The normalized spacial score (nSPS) is 21.8. The summed E-state index contributed by atoms with van der Waals surface area (Å²) in [5, 5.41) is 4.94. The molecule has 32 heavy (non-hydrogen) atoms. The van der Waals surface area contributed by atoms with Gasteiger partial charge in [-0.2, -0.15) is 0 Å². The molecular weight excluding hydrogens is 458 g/mol. The highest BCUT2D eigenvalue weighted by Gasteiger charge is 2.48. The SMILES string of the molecule is CC(C)(C)OC(=O)N1CC(F)(c2ccc(C3=NOC(C)(c4cc(Cl)cc(Cl)c4)O3)cc2)C1. The summed E-state index contributed by atoms with van der Waals surface area (Å²) >= 11 is 12.2. The fourth-order valence-electron chi connectivity index (χ4n) is 3.50. The minimum absolute atomic E-state index is 0.0601. The van der Waals surface area contributed by atoms with Crippen LogP contribution in [-0.4, -0.2) is 35.6 Å². The Morgan fingerprint density at radius 2 is 1.69 bits per heavy atom. The zero-order chi connectivity index (χ0) is 23.3. The molecular formula is C23H23Cl2FN2O4. The van der Waals surface area contributed by atoms with E-state index in [0.717, 1.165) is 0 Å². The molecule has 0 saturated carbocycles. The topological polar surface area (TPSA) is 60.4 Å². The van der Waals surface area contributed by atoms with Gasteiger partial charge >= 0.3 is 11.9 Å². The molecule has 1 saturated heterocycles. The molecule has 0 radical (unpaired) electrons. The van der Waals surface area contributed by atoms with E-state index in [2.05, 4.69) is 5.16 Å². The molecule has 6 nitrogen and oxygen atoms in total. The van der Waals surface area contributed by atoms with Gasteiger partial charge in [-0.3, -0.25) is 0 Å². The van der Waals surface area contributed by atoms with Crippen LogP contribution in [0.25, 0.3) is 0 Å². The van der Waals surface area contributed by atoms with Gasteiger partial charge < -0.3 is 19.2 Å². The summed E-state index contributed by atoms with van der Waals surface area (Å²) in [6.45, 7) is 6.90. The summed E-state index contributed by atoms with van der Waals surface area (Å²) < 4.78 is 26.5. The largest absolute Gasteiger partial charge is 0.444 e. The number of likely N-dealkylation sites (tertiary alicyclic amines) is 1. The molecule has 2 aliphatic rings. The van der Waals surface area contributed by atoms with Crippen molar-refractivity contribution in [2.45, 2.75) is 44.8 Å². The van der Waals surface area contributed by atoms with Gasteiger partial charge in [0.25, 0.3) is 5.90 Å². The zero-order valence-corrected chi connectivity index (χ0v) is 19.6. The van der Waals surface area contributed by atoms with Crippen LogP contribution < -0.4 is 0 Å². The number of amides is 1. The number of carbonyl (C=O) groups excluding carboxylic acids is 1. The molecule has 1 atom stereocenters. The van der Waals surface area contributed by atoms with Crippen molar-refractivity contribution >= 4 is 35.2 Å². The smallest absolute Gasteiger partial charge is 0.410 e. The number of carbonyl (C=O) groups is 1. The number of hydrogen-bond donors (Lipinski definition) is 0. The first-order valence-electron chi connectivity index (χ1n) is 10.1. The maximum Gasteiger partial charge on any atom is 0.410 e. The first kappa shape index (κ1) is 22.7. The molecule has 9 heteroatoms. The molecule has 0 bridgehead atoms. The molecule has 1 fully saturated rings. The summed E-state index contributed by atoms with van der Waals surface area (Å²) in [6, 6.07) is 11.7. The number of ether oxygens (including phenoxy) is 2. The molecule has 0 spiro atoms. The second-order valence-corrected chi connectivity index (χ2v) is 9.95. The predicted octanol–water partition coefficient (Wildman–Crippen LogP) is 5.99. The molecule has 2 aliphatic heterocycles. The maximum absolute atomic E-state index is 15.3. The number of alkyl halides is 1. The van der Waals surface area contributed by atoms with Crippen LogP contribution in [0.5, 0.6) is 0 Å². The lowest BCUT2D eigenvalue weighted by Crippen LogP contribution is -2.59. The lowest BCUT2D eigenvalue weighted by Gasteiger charge is -2.44. The van der Waals surface area contributed by atoms with Crippen molar-refractivity contribution in [3.63, 3.8) is 0 Å². The van der Waals surface area contributed by atoms with Crippen molar-refractivity contribution in [2.24, 2.45) is 5.16 Å². The average molecular weight is 481 g/mol. The first-order valence-corrected chi connectivity index (χ1v) is 10.8. The number of hydrogen-bond acceptors (Lipinski definition) is 5. The highest BCUT2D eigenvalue weighted by molar-refractivity contribution is 6.34. The fourth-order valence-corrected chi connectivity index (χ4v) is 4.02. The first-order chi connectivity index (χ1) is 14.9. The van der Waals surface area contributed by atoms with Crippen molar-refractivity contribution in [2.75, 3.05) is 13.1 Å². The number of halogens is 3. The van der Waals surface area contributed by atoms with Crippen molar-refractivity contribution in [1.29, 1.82) is 0 Å². The number of rotatable bonds is 3. The molecule has 2 aromatic carbocycles. The molecule has 1 amide bonds. The van der Waals surface area contributed by atoms with Crippen LogP contribution in [0.3, 0.4) is 0 Å². The van der Waals surface area contributed by atoms with E-state index in [1.54, 1.807) is 70.2 Å². The monoisotopic (exact) mass is 480 g/mol. The Balaban J connectivity index is 1.42. The Hall–Kier alpha value is -2.51. The highest BCUT2D eigenvalue weighted by Crippen LogP contribution is 2.39. The van der Waals surface area contributed by atoms with Crippen LogP contribution in [-0.2, 0) is 25.8 Å². The molecule has 0 aromatic heterocycles. The Morgan fingerprint density at radius 3 is 2.25 bits per heavy atom.